The van der Waals surface area contributed by atoms with Crippen LogP contribution in [0.15, 0.2) is 0 Å². The van der Waals surface area contributed by atoms with Gasteiger partial charge in [-0.2, -0.15) is 0 Å². The molecule has 0 aliphatic rings. The van der Waals surface area contributed by atoms with E-state index in [4.69, 9.17) is 0 Å². The molecule has 0 atom stereocenters. The molecule has 0 aromatic heterocycles. The Hall–Kier alpha value is -0.160. The van der Waals surface area contributed by atoms with E-state index in [1.807, 2.05) is 6.92 Å². The van der Waals surface area contributed by atoms with E-state index in [1.165, 1.54) is 13.1 Å². The maximum atomic E-state index is 4.54. The van der Waals surface area contributed by atoms with E-state index in [0.717, 1.165) is 19.7 Å². The Balaban J connectivity index is -0.000000232. The normalized spacial score (nSPS) is 9.53. The summed E-state index contributed by atoms with van der Waals surface area (Å²) in [6, 6.07) is 0. The standard InChI is InChI=1S/C8H20N2.C3H8O.C2H6O/c1-5-9(3)7-8-10(4)6-2;1-3-4-2;1-3-2/h5-8H2,1-4H3;3H2,1-2H3;1-2H3. The third-order valence-corrected chi connectivity index (χ3v) is 2.23. The van der Waals surface area contributed by atoms with E-state index < -0.39 is 0 Å². The van der Waals surface area contributed by atoms with Crippen molar-refractivity contribution >= 4 is 0 Å². The molecule has 0 saturated carbocycles. The summed E-state index contributed by atoms with van der Waals surface area (Å²) < 4.78 is 8.79. The van der Waals surface area contributed by atoms with Crippen LogP contribution in [0.1, 0.15) is 20.8 Å². The Labute approximate surface area is 109 Å². The van der Waals surface area contributed by atoms with Crippen LogP contribution in [0.5, 0.6) is 0 Å². The van der Waals surface area contributed by atoms with Crippen LogP contribution in [-0.4, -0.2) is 78.0 Å². The van der Waals surface area contributed by atoms with Crippen LogP contribution in [0.2, 0.25) is 0 Å². The fraction of sp³-hybridized carbons (Fsp3) is 1.00. The second-order valence-corrected chi connectivity index (χ2v) is 3.78. The van der Waals surface area contributed by atoms with Gasteiger partial charge in [0, 0.05) is 41.0 Å². The molecule has 0 bridgehead atoms. The first-order chi connectivity index (χ1) is 8.03. The Kier molecular flexibility index (Phi) is 27.5. The first-order valence-electron chi connectivity index (χ1n) is 6.29. The van der Waals surface area contributed by atoms with Gasteiger partial charge in [0.2, 0.25) is 0 Å². The molecule has 4 heteroatoms. The molecule has 0 unspecified atom stereocenters. The lowest BCUT2D eigenvalue weighted by atomic mass is 10.5. The van der Waals surface area contributed by atoms with Gasteiger partial charge in [0.05, 0.1) is 0 Å². The lowest BCUT2D eigenvalue weighted by Crippen LogP contribution is -2.30. The number of hydrogen-bond donors (Lipinski definition) is 0. The molecule has 0 heterocycles. The van der Waals surface area contributed by atoms with Crippen molar-refractivity contribution in [3.63, 3.8) is 0 Å². The molecule has 0 aromatic rings. The molecule has 4 nitrogen and oxygen atoms in total. The van der Waals surface area contributed by atoms with Crippen LogP contribution in [0.4, 0.5) is 0 Å². The van der Waals surface area contributed by atoms with Crippen LogP contribution >= 0.6 is 0 Å². The number of rotatable bonds is 6. The summed E-state index contributed by atoms with van der Waals surface area (Å²) in [5.41, 5.74) is 0. The predicted octanol–water partition coefficient (Wildman–Crippen LogP) is 1.81. The molecule has 0 N–H and O–H groups in total. The molecule has 0 aliphatic carbocycles. The first-order valence-corrected chi connectivity index (χ1v) is 6.29. The average molecular weight is 250 g/mol. The van der Waals surface area contributed by atoms with Gasteiger partial charge in [0.25, 0.3) is 0 Å². The maximum Gasteiger partial charge on any atom is 0.0433 e. The highest BCUT2D eigenvalue weighted by molar-refractivity contribution is 4.52. The molecule has 0 saturated heterocycles. The molecule has 0 radical (unpaired) electrons. The van der Waals surface area contributed by atoms with Crippen LogP contribution in [-0.2, 0) is 9.47 Å². The van der Waals surface area contributed by atoms with Crippen molar-refractivity contribution in [2.75, 3.05) is 68.2 Å². The minimum atomic E-state index is 0.819. The van der Waals surface area contributed by atoms with Crippen LogP contribution in [0.25, 0.3) is 0 Å². The first kappa shape index (κ1) is 22.1. The molecule has 0 amide bonds. The van der Waals surface area contributed by atoms with Gasteiger partial charge in [0.15, 0.2) is 0 Å². The number of likely N-dealkylation sites (N-methyl/N-ethyl adjacent to an activating group) is 2. The maximum absolute atomic E-state index is 4.54. The van der Waals surface area contributed by atoms with Crippen LogP contribution in [0.3, 0.4) is 0 Å². The van der Waals surface area contributed by atoms with Gasteiger partial charge in [-0.05, 0) is 34.1 Å². The summed E-state index contributed by atoms with van der Waals surface area (Å²) in [5, 5.41) is 0. The lowest BCUT2D eigenvalue weighted by molar-refractivity contribution is 0.215. The van der Waals surface area contributed by atoms with E-state index in [-0.39, 0.29) is 0 Å². The fourth-order valence-corrected chi connectivity index (χ4v) is 0.658. The number of hydrogen-bond acceptors (Lipinski definition) is 4. The fourth-order valence-electron chi connectivity index (χ4n) is 0.658. The summed E-state index contributed by atoms with van der Waals surface area (Å²) in [4.78, 5) is 4.65. The molecule has 0 spiro atoms. The zero-order chi connectivity index (χ0) is 14.1. The zero-order valence-electron chi connectivity index (χ0n) is 13.2. The second-order valence-electron chi connectivity index (χ2n) is 3.78. The monoisotopic (exact) mass is 250 g/mol. The molecule has 17 heavy (non-hydrogen) atoms. The van der Waals surface area contributed by atoms with Gasteiger partial charge in [-0.15, -0.1) is 0 Å². The predicted molar refractivity (Wildman–Crippen MR) is 76.8 cm³/mol. The van der Waals surface area contributed by atoms with Gasteiger partial charge >= 0.3 is 0 Å². The Morgan fingerprint density at radius 2 is 1.00 bits per heavy atom. The number of methoxy groups -OCH3 is 2. The third kappa shape index (κ3) is 31.3. The average Bonchev–Trinajstić information content (AvgIpc) is 2.36. The highest BCUT2D eigenvalue weighted by atomic mass is 16.5. The largest absolute Gasteiger partial charge is 0.388 e. The number of nitrogens with zero attached hydrogens (tertiary/aromatic N) is 2. The van der Waals surface area contributed by atoms with E-state index >= 15 is 0 Å². The van der Waals surface area contributed by atoms with Crippen molar-refractivity contribution in [1.29, 1.82) is 0 Å². The molecule has 0 aliphatic heterocycles. The van der Waals surface area contributed by atoms with Crippen LogP contribution < -0.4 is 0 Å². The van der Waals surface area contributed by atoms with E-state index in [2.05, 4.69) is 47.2 Å². The summed E-state index contributed by atoms with van der Waals surface area (Å²) in [6.07, 6.45) is 0. The third-order valence-electron chi connectivity index (χ3n) is 2.23. The summed E-state index contributed by atoms with van der Waals surface area (Å²) in [6.45, 7) is 11.8. The van der Waals surface area contributed by atoms with E-state index in [9.17, 15) is 0 Å². The summed E-state index contributed by atoms with van der Waals surface area (Å²) >= 11 is 0. The molecular formula is C13H34N2O2. The second kappa shape index (κ2) is 21.2. The molecule has 0 aromatic carbocycles. The molecule has 0 rings (SSSR count). The molecule has 108 valence electrons. The van der Waals surface area contributed by atoms with E-state index in [0.29, 0.717) is 0 Å². The van der Waals surface area contributed by atoms with Crippen molar-refractivity contribution in [3.05, 3.63) is 0 Å². The zero-order valence-corrected chi connectivity index (χ0v) is 13.2. The number of ether oxygens (including phenoxy) is 2. The van der Waals surface area contributed by atoms with Gasteiger partial charge in [-0.25, -0.2) is 0 Å². The SMILES string of the molecule is CCN(C)CCN(C)CC.CCOC.COC. The summed E-state index contributed by atoms with van der Waals surface area (Å²) in [7, 11) is 9.24. The quantitative estimate of drug-likeness (QED) is 0.718. The van der Waals surface area contributed by atoms with Crippen molar-refractivity contribution in [1.82, 2.24) is 9.80 Å². The Morgan fingerprint density at radius 1 is 0.765 bits per heavy atom. The van der Waals surface area contributed by atoms with Crippen molar-refractivity contribution in [2.45, 2.75) is 20.8 Å². The van der Waals surface area contributed by atoms with Crippen molar-refractivity contribution < 1.29 is 9.47 Å². The minimum Gasteiger partial charge on any atom is -0.388 e. The molecule has 0 fully saturated rings. The van der Waals surface area contributed by atoms with Gasteiger partial charge in [-0.3, -0.25) is 0 Å². The minimum absolute atomic E-state index is 0.819. The van der Waals surface area contributed by atoms with Gasteiger partial charge < -0.3 is 19.3 Å². The highest BCUT2D eigenvalue weighted by Gasteiger charge is 1.96. The van der Waals surface area contributed by atoms with Crippen molar-refractivity contribution in [3.8, 4) is 0 Å². The summed E-state index contributed by atoms with van der Waals surface area (Å²) in [5.74, 6) is 0. The molecular weight excluding hydrogens is 216 g/mol. The Bertz CT molecular complexity index is 102. The smallest absolute Gasteiger partial charge is 0.0433 e. The van der Waals surface area contributed by atoms with Gasteiger partial charge in [-0.1, -0.05) is 13.8 Å². The Morgan fingerprint density at radius 3 is 1.12 bits per heavy atom. The van der Waals surface area contributed by atoms with Crippen molar-refractivity contribution in [2.24, 2.45) is 0 Å². The highest BCUT2D eigenvalue weighted by Crippen LogP contribution is 1.84. The van der Waals surface area contributed by atoms with Gasteiger partial charge in [0.1, 0.15) is 0 Å². The topological polar surface area (TPSA) is 24.9 Å². The van der Waals surface area contributed by atoms with E-state index in [1.54, 1.807) is 21.3 Å². The van der Waals surface area contributed by atoms with Crippen LogP contribution in [0, 0.1) is 0 Å². The lowest BCUT2D eigenvalue weighted by Gasteiger charge is -2.18.